The Labute approximate surface area is 89.9 Å². The summed E-state index contributed by atoms with van der Waals surface area (Å²) in [5.41, 5.74) is 0. The summed E-state index contributed by atoms with van der Waals surface area (Å²) in [5.74, 6) is 0. The first-order valence-electron chi connectivity index (χ1n) is 5.22. The maximum Gasteiger partial charge on any atom is 0.0327 e. The highest BCUT2D eigenvalue weighted by atomic mass is 32.1. The Hall–Kier alpha value is -0.380. The maximum atomic E-state index is 3.18. The third-order valence-corrected chi connectivity index (χ3v) is 3.71. The van der Waals surface area contributed by atoms with Crippen molar-refractivity contribution in [3.8, 4) is 0 Å². The van der Waals surface area contributed by atoms with Crippen molar-refractivity contribution in [1.29, 1.82) is 0 Å². The van der Waals surface area contributed by atoms with Crippen LogP contribution in [0.25, 0.3) is 0 Å². The highest BCUT2D eigenvalue weighted by Gasteiger charge is 2.26. The fourth-order valence-electron chi connectivity index (χ4n) is 1.67. The van der Waals surface area contributed by atoms with E-state index in [4.69, 9.17) is 0 Å². The Balaban J connectivity index is 1.88. The molecule has 1 aromatic rings. The third-order valence-electron chi connectivity index (χ3n) is 2.64. The molecule has 78 valence electrons. The molecule has 0 spiro atoms. The van der Waals surface area contributed by atoms with Gasteiger partial charge in [0.1, 0.15) is 0 Å². The molecule has 0 aliphatic heterocycles. The molecule has 1 aliphatic carbocycles. The average molecular weight is 210 g/mol. The van der Waals surface area contributed by atoms with Crippen LogP contribution in [-0.2, 0) is 13.1 Å². The van der Waals surface area contributed by atoms with Gasteiger partial charge in [-0.1, -0.05) is 0 Å². The van der Waals surface area contributed by atoms with Gasteiger partial charge < -0.3 is 5.32 Å². The summed E-state index contributed by atoms with van der Waals surface area (Å²) >= 11 is 1.93. The summed E-state index contributed by atoms with van der Waals surface area (Å²) in [6, 6.07) is 5.36. The molecule has 0 bridgehead atoms. The molecule has 1 saturated carbocycles. The van der Waals surface area contributed by atoms with Crippen LogP contribution < -0.4 is 5.32 Å². The molecule has 2 nitrogen and oxygen atoms in total. The standard InChI is InChI=1S/C11H18N2S/c1-12-7-10-5-6-11(14-10)8-13(2)9-3-4-9/h5-6,9,12H,3-4,7-8H2,1-2H3. The topological polar surface area (TPSA) is 15.3 Å². The molecule has 1 aromatic heterocycles. The number of nitrogens with zero attached hydrogens (tertiary/aromatic N) is 1. The number of thiophene rings is 1. The fraction of sp³-hybridized carbons (Fsp3) is 0.636. The van der Waals surface area contributed by atoms with Gasteiger partial charge in [-0.2, -0.15) is 0 Å². The second-order valence-corrected chi connectivity index (χ2v) is 5.30. The summed E-state index contributed by atoms with van der Waals surface area (Å²) in [6.07, 6.45) is 2.79. The van der Waals surface area contributed by atoms with Crippen LogP contribution in [0, 0.1) is 0 Å². The van der Waals surface area contributed by atoms with Crippen LogP contribution in [0.5, 0.6) is 0 Å². The third kappa shape index (κ3) is 2.56. The van der Waals surface area contributed by atoms with Crippen LogP contribution in [0.2, 0.25) is 0 Å². The van der Waals surface area contributed by atoms with E-state index in [1.807, 2.05) is 18.4 Å². The minimum atomic E-state index is 0.866. The number of hydrogen-bond acceptors (Lipinski definition) is 3. The normalized spacial score (nSPS) is 16.5. The molecule has 0 amide bonds. The van der Waals surface area contributed by atoms with Crippen molar-refractivity contribution < 1.29 is 0 Å². The lowest BCUT2D eigenvalue weighted by Gasteiger charge is -2.13. The zero-order valence-electron chi connectivity index (χ0n) is 8.92. The van der Waals surface area contributed by atoms with E-state index in [0.29, 0.717) is 0 Å². The van der Waals surface area contributed by atoms with E-state index < -0.39 is 0 Å². The Morgan fingerprint density at radius 2 is 2.14 bits per heavy atom. The van der Waals surface area contributed by atoms with Crippen molar-refractivity contribution in [1.82, 2.24) is 10.2 Å². The number of rotatable bonds is 5. The van der Waals surface area contributed by atoms with E-state index in [2.05, 4.69) is 29.4 Å². The highest BCUT2D eigenvalue weighted by molar-refractivity contribution is 7.11. The first-order valence-corrected chi connectivity index (χ1v) is 6.03. The molecule has 1 aliphatic rings. The van der Waals surface area contributed by atoms with Crippen molar-refractivity contribution in [3.05, 3.63) is 21.9 Å². The second kappa shape index (κ2) is 4.43. The number of hydrogen-bond donors (Lipinski definition) is 1. The van der Waals surface area contributed by atoms with E-state index in [1.54, 1.807) is 0 Å². The molecule has 0 aromatic carbocycles. The lowest BCUT2D eigenvalue weighted by atomic mass is 10.4. The van der Waals surface area contributed by atoms with E-state index in [1.165, 1.54) is 22.6 Å². The van der Waals surface area contributed by atoms with Gasteiger partial charge in [0.15, 0.2) is 0 Å². The van der Waals surface area contributed by atoms with Gasteiger partial charge >= 0.3 is 0 Å². The molecule has 0 atom stereocenters. The van der Waals surface area contributed by atoms with Crippen molar-refractivity contribution >= 4 is 11.3 Å². The van der Waals surface area contributed by atoms with Gasteiger partial charge in [0.25, 0.3) is 0 Å². The van der Waals surface area contributed by atoms with Crippen LogP contribution in [0.1, 0.15) is 22.6 Å². The molecule has 2 rings (SSSR count). The zero-order valence-corrected chi connectivity index (χ0v) is 9.73. The molecule has 1 fully saturated rings. The van der Waals surface area contributed by atoms with Crippen LogP contribution in [0.4, 0.5) is 0 Å². The Morgan fingerprint density at radius 1 is 1.43 bits per heavy atom. The van der Waals surface area contributed by atoms with Crippen LogP contribution in [0.15, 0.2) is 12.1 Å². The van der Waals surface area contributed by atoms with Crippen LogP contribution >= 0.6 is 11.3 Å². The molecule has 1 heterocycles. The molecular formula is C11H18N2S. The Morgan fingerprint density at radius 3 is 2.79 bits per heavy atom. The largest absolute Gasteiger partial charge is 0.315 e. The average Bonchev–Trinajstić information content (AvgIpc) is 2.92. The first kappa shape index (κ1) is 10.1. The minimum Gasteiger partial charge on any atom is -0.315 e. The van der Waals surface area contributed by atoms with Crippen LogP contribution in [-0.4, -0.2) is 25.0 Å². The van der Waals surface area contributed by atoms with E-state index in [9.17, 15) is 0 Å². The summed E-state index contributed by atoms with van der Waals surface area (Å²) in [6.45, 7) is 2.12. The van der Waals surface area contributed by atoms with Crippen molar-refractivity contribution in [2.24, 2.45) is 0 Å². The maximum absolute atomic E-state index is 3.18. The monoisotopic (exact) mass is 210 g/mol. The summed E-state index contributed by atoms with van der Waals surface area (Å²) in [4.78, 5) is 5.39. The second-order valence-electron chi connectivity index (χ2n) is 4.04. The first-order chi connectivity index (χ1) is 6.79. The minimum absolute atomic E-state index is 0.866. The molecule has 0 radical (unpaired) electrons. The summed E-state index contributed by atoms with van der Waals surface area (Å²) < 4.78 is 0. The smallest absolute Gasteiger partial charge is 0.0327 e. The fourth-order valence-corrected chi connectivity index (χ4v) is 2.76. The van der Waals surface area contributed by atoms with E-state index >= 15 is 0 Å². The van der Waals surface area contributed by atoms with Gasteiger partial charge in [-0.05, 0) is 39.1 Å². The van der Waals surface area contributed by atoms with Crippen molar-refractivity contribution in [2.75, 3.05) is 14.1 Å². The summed E-state index contributed by atoms with van der Waals surface area (Å²) in [5, 5.41) is 3.18. The van der Waals surface area contributed by atoms with Crippen molar-refractivity contribution in [3.63, 3.8) is 0 Å². The predicted octanol–water partition coefficient (Wildman–Crippen LogP) is 2.06. The molecular weight excluding hydrogens is 192 g/mol. The van der Waals surface area contributed by atoms with Gasteiger partial charge in [-0.3, -0.25) is 4.90 Å². The quantitative estimate of drug-likeness (QED) is 0.800. The van der Waals surface area contributed by atoms with Crippen molar-refractivity contribution in [2.45, 2.75) is 32.0 Å². The van der Waals surface area contributed by atoms with Gasteiger partial charge in [0.2, 0.25) is 0 Å². The Bertz CT molecular complexity index is 291. The van der Waals surface area contributed by atoms with E-state index in [-0.39, 0.29) is 0 Å². The number of nitrogens with one attached hydrogen (secondary N) is 1. The lowest BCUT2D eigenvalue weighted by molar-refractivity contribution is 0.319. The molecule has 0 saturated heterocycles. The van der Waals surface area contributed by atoms with Gasteiger partial charge in [-0.15, -0.1) is 11.3 Å². The highest BCUT2D eigenvalue weighted by Crippen LogP contribution is 2.28. The summed E-state index contributed by atoms with van der Waals surface area (Å²) in [7, 11) is 4.23. The van der Waals surface area contributed by atoms with E-state index in [0.717, 1.165) is 19.1 Å². The van der Waals surface area contributed by atoms with Crippen LogP contribution in [0.3, 0.4) is 0 Å². The predicted molar refractivity (Wildman–Crippen MR) is 61.6 cm³/mol. The molecule has 3 heteroatoms. The molecule has 14 heavy (non-hydrogen) atoms. The SMILES string of the molecule is CNCc1ccc(CN(C)C2CC2)s1. The van der Waals surface area contributed by atoms with Gasteiger partial charge in [0.05, 0.1) is 0 Å². The lowest BCUT2D eigenvalue weighted by Crippen LogP contribution is -2.19. The molecule has 0 unspecified atom stereocenters. The van der Waals surface area contributed by atoms with Gasteiger partial charge in [0, 0.05) is 28.9 Å². The zero-order chi connectivity index (χ0) is 9.97. The molecule has 1 N–H and O–H groups in total. The van der Waals surface area contributed by atoms with Gasteiger partial charge in [-0.25, -0.2) is 0 Å². The Kier molecular flexibility index (Phi) is 3.21.